The number of amides is 2. The number of imidazole rings is 1. The lowest BCUT2D eigenvalue weighted by Crippen LogP contribution is -2.29. The third-order valence-electron chi connectivity index (χ3n) is 3.89. The fourth-order valence-corrected chi connectivity index (χ4v) is 2.68. The van der Waals surface area contributed by atoms with E-state index in [1.807, 2.05) is 55.5 Å². The first kappa shape index (κ1) is 16.7. The van der Waals surface area contributed by atoms with Crippen LogP contribution in [0.1, 0.15) is 30.5 Å². The Kier molecular flexibility index (Phi) is 4.79. The van der Waals surface area contributed by atoms with Crippen LogP contribution < -0.4 is 10.6 Å². The number of hydrogen-bond donors (Lipinski definition) is 3. The van der Waals surface area contributed by atoms with Gasteiger partial charge in [0.2, 0.25) is 17.8 Å². The van der Waals surface area contributed by atoms with E-state index < -0.39 is 0 Å². The Labute approximate surface area is 145 Å². The van der Waals surface area contributed by atoms with E-state index >= 15 is 0 Å². The van der Waals surface area contributed by atoms with Gasteiger partial charge in [0.1, 0.15) is 0 Å². The van der Waals surface area contributed by atoms with Crippen LogP contribution >= 0.6 is 0 Å². The topological polar surface area (TPSA) is 86.9 Å². The van der Waals surface area contributed by atoms with Crippen molar-refractivity contribution >= 4 is 28.8 Å². The van der Waals surface area contributed by atoms with E-state index in [-0.39, 0.29) is 24.3 Å². The summed E-state index contributed by atoms with van der Waals surface area (Å²) in [4.78, 5) is 31.3. The van der Waals surface area contributed by atoms with Gasteiger partial charge in [-0.1, -0.05) is 42.0 Å². The number of anilines is 1. The summed E-state index contributed by atoms with van der Waals surface area (Å²) in [5.74, 6) is -0.00262. The van der Waals surface area contributed by atoms with Gasteiger partial charge < -0.3 is 10.3 Å². The minimum absolute atomic E-state index is 0.125. The highest BCUT2D eigenvalue weighted by Crippen LogP contribution is 2.19. The summed E-state index contributed by atoms with van der Waals surface area (Å²) in [5, 5.41) is 5.59. The monoisotopic (exact) mass is 336 g/mol. The molecule has 6 nitrogen and oxygen atoms in total. The number of carbonyl (C=O) groups is 2. The number of carbonyl (C=O) groups excluding carboxylic acids is 2. The number of aromatic nitrogens is 2. The zero-order valence-electron chi connectivity index (χ0n) is 14.2. The van der Waals surface area contributed by atoms with Crippen molar-refractivity contribution in [2.75, 3.05) is 5.32 Å². The minimum atomic E-state index is -0.387. The third-order valence-corrected chi connectivity index (χ3v) is 3.89. The van der Waals surface area contributed by atoms with Crippen LogP contribution in [0.3, 0.4) is 0 Å². The van der Waals surface area contributed by atoms with Crippen molar-refractivity contribution in [3.8, 4) is 0 Å². The molecule has 0 saturated carbocycles. The molecular weight excluding hydrogens is 316 g/mol. The van der Waals surface area contributed by atoms with E-state index in [2.05, 4.69) is 20.6 Å². The molecule has 25 heavy (non-hydrogen) atoms. The molecule has 0 aliphatic heterocycles. The van der Waals surface area contributed by atoms with Crippen molar-refractivity contribution in [1.82, 2.24) is 15.3 Å². The molecule has 3 aromatic rings. The highest BCUT2D eigenvalue weighted by Gasteiger charge is 2.18. The van der Waals surface area contributed by atoms with Gasteiger partial charge in [0, 0.05) is 6.92 Å². The fourth-order valence-electron chi connectivity index (χ4n) is 2.68. The Bertz CT molecular complexity index is 866. The fraction of sp³-hybridized carbons (Fsp3) is 0.211. The number of para-hydroxylation sites is 2. The maximum atomic E-state index is 12.4. The Morgan fingerprint density at radius 2 is 1.84 bits per heavy atom. The van der Waals surface area contributed by atoms with Crippen LogP contribution in [0.15, 0.2) is 48.5 Å². The second kappa shape index (κ2) is 7.17. The molecule has 0 bridgehead atoms. The van der Waals surface area contributed by atoms with Crippen LogP contribution in [0.2, 0.25) is 0 Å². The predicted molar refractivity (Wildman–Crippen MR) is 97.1 cm³/mol. The van der Waals surface area contributed by atoms with Gasteiger partial charge in [-0.05, 0) is 24.6 Å². The van der Waals surface area contributed by atoms with E-state index in [1.165, 1.54) is 6.92 Å². The summed E-state index contributed by atoms with van der Waals surface area (Å²) >= 11 is 0. The predicted octanol–water partition coefficient (Wildman–Crippen LogP) is 3.08. The van der Waals surface area contributed by atoms with Crippen molar-refractivity contribution in [2.24, 2.45) is 0 Å². The Balaban J connectivity index is 1.72. The number of nitrogens with one attached hydrogen (secondary N) is 3. The minimum Gasteiger partial charge on any atom is -0.349 e. The van der Waals surface area contributed by atoms with E-state index in [0.717, 1.165) is 22.2 Å². The molecule has 0 radical (unpaired) electrons. The molecule has 0 spiro atoms. The first-order valence-electron chi connectivity index (χ1n) is 8.09. The van der Waals surface area contributed by atoms with Gasteiger partial charge in [-0.3, -0.25) is 14.9 Å². The van der Waals surface area contributed by atoms with Crippen LogP contribution in [0.4, 0.5) is 5.95 Å². The van der Waals surface area contributed by atoms with Gasteiger partial charge in [-0.25, -0.2) is 4.98 Å². The standard InChI is InChI=1S/C19H20N4O2/c1-12-7-9-14(10-8-12)17(20-13(2)24)11-18(25)23-19-21-15-5-3-4-6-16(15)22-19/h3-10,17H,11H2,1-2H3,(H,20,24)(H2,21,22,23,25)/t17-/m0/s1. The Morgan fingerprint density at radius 1 is 1.12 bits per heavy atom. The molecule has 2 amide bonds. The molecule has 0 saturated heterocycles. The largest absolute Gasteiger partial charge is 0.349 e. The average Bonchev–Trinajstić information content (AvgIpc) is 2.96. The van der Waals surface area contributed by atoms with Crippen molar-refractivity contribution in [1.29, 1.82) is 0 Å². The van der Waals surface area contributed by atoms with Crippen molar-refractivity contribution in [3.63, 3.8) is 0 Å². The van der Waals surface area contributed by atoms with Crippen molar-refractivity contribution < 1.29 is 9.59 Å². The zero-order valence-corrected chi connectivity index (χ0v) is 14.2. The van der Waals surface area contributed by atoms with Crippen molar-refractivity contribution in [2.45, 2.75) is 26.3 Å². The lowest BCUT2D eigenvalue weighted by atomic mass is 10.0. The molecule has 0 aliphatic carbocycles. The molecule has 6 heteroatoms. The van der Waals surface area contributed by atoms with Gasteiger partial charge in [0.15, 0.2) is 0 Å². The van der Waals surface area contributed by atoms with Gasteiger partial charge >= 0.3 is 0 Å². The molecule has 1 aromatic heterocycles. The molecule has 1 heterocycles. The van der Waals surface area contributed by atoms with Crippen LogP contribution in [0.25, 0.3) is 11.0 Å². The molecule has 3 rings (SSSR count). The summed E-state index contributed by atoms with van der Waals surface area (Å²) < 4.78 is 0. The second-order valence-corrected chi connectivity index (χ2v) is 6.02. The SMILES string of the molecule is CC(=O)N[C@@H](CC(=O)Nc1nc2ccccc2[nH]1)c1ccc(C)cc1. The van der Waals surface area contributed by atoms with Gasteiger partial charge in [-0.15, -0.1) is 0 Å². The van der Waals surface area contributed by atoms with Crippen LogP contribution in [-0.2, 0) is 9.59 Å². The van der Waals surface area contributed by atoms with Crippen LogP contribution in [-0.4, -0.2) is 21.8 Å². The first-order valence-corrected chi connectivity index (χ1v) is 8.09. The maximum absolute atomic E-state index is 12.4. The highest BCUT2D eigenvalue weighted by molar-refractivity contribution is 5.91. The normalized spacial score (nSPS) is 11.9. The van der Waals surface area contributed by atoms with Gasteiger partial charge in [0.05, 0.1) is 23.5 Å². The molecule has 128 valence electrons. The number of rotatable bonds is 5. The van der Waals surface area contributed by atoms with E-state index in [1.54, 1.807) is 0 Å². The molecule has 0 aliphatic rings. The van der Waals surface area contributed by atoms with Crippen LogP contribution in [0.5, 0.6) is 0 Å². The van der Waals surface area contributed by atoms with Gasteiger partial charge in [0.25, 0.3) is 0 Å². The number of H-pyrrole nitrogens is 1. The molecule has 1 atom stereocenters. The zero-order chi connectivity index (χ0) is 17.8. The molecular formula is C19H20N4O2. The number of nitrogens with zero attached hydrogens (tertiary/aromatic N) is 1. The van der Waals surface area contributed by atoms with Crippen molar-refractivity contribution in [3.05, 3.63) is 59.7 Å². The third kappa shape index (κ3) is 4.23. The summed E-state index contributed by atoms with van der Waals surface area (Å²) in [5.41, 5.74) is 3.65. The number of aromatic amines is 1. The maximum Gasteiger partial charge on any atom is 0.229 e. The van der Waals surface area contributed by atoms with Crippen LogP contribution in [0, 0.1) is 6.92 Å². The number of hydrogen-bond acceptors (Lipinski definition) is 3. The molecule has 2 aromatic carbocycles. The second-order valence-electron chi connectivity index (χ2n) is 6.02. The summed E-state index contributed by atoms with van der Waals surface area (Å²) in [7, 11) is 0. The Hall–Kier alpha value is -3.15. The molecule has 0 unspecified atom stereocenters. The number of benzene rings is 2. The molecule has 3 N–H and O–H groups in total. The lowest BCUT2D eigenvalue weighted by Gasteiger charge is -2.18. The molecule has 0 fully saturated rings. The quantitative estimate of drug-likeness (QED) is 0.669. The summed E-state index contributed by atoms with van der Waals surface area (Å²) in [6.07, 6.45) is 0.125. The Morgan fingerprint density at radius 3 is 2.52 bits per heavy atom. The van der Waals surface area contributed by atoms with E-state index in [4.69, 9.17) is 0 Å². The average molecular weight is 336 g/mol. The van der Waals surface area contributed by atoms with E-state index in [9.17, 15) is 9.59 Å². The van der Waals surface area contributed by atoms with Gasteiger partial charge in [-0.2, -0.15) is 0 Å². The first-order chi connectivity index (χ1) is 12.0. The number of fused-ring (bicyclic) bond motifs is 1. The smallest absolute Gasteiger partial charge is 0.229 e. The number of aryl methyl sites for hydroxylation is 1. The van der Waals surface area contributed by atoms with E-state index in [0.29, 0.717) is 5.95 Å². The summed E-state index contributed by atoms with van der Waals surface area (Å²) in [6, 6.07) is 14.9. The highest BCUT2D eigenvalue weighted by atomic mass is 16.2. The lowest BCUT2D eigenvalue weighted by molar-refractivity contribution is -0.120. The summed E-state index contributed by atoms with van der Waals surface area (Å²) in [6.45, 7) is 3.43.